The lowest BCUT2D eigenvalue weighted by Gasteiger charge is -2.12. The van der Waals surface area contributed by atoms with Crippen LogP contribution in [-0.4, -0.2) is 32.8 Å². The number of anilines is 1. The largest absolute Gasteiger partial charge is 0.398 e. The molecule has 0 aliphatic heterocycles. The zero-order valence-electron chi connectivity index (χ0n) is 16.1. The summed E-state index contributed by atoms with van der Waals surface area (Å²) in [5.41, 5.74) is 3.41. The van der Waals surface area contributed by atoms with Crippen LogP contribution in [0.5, 0.6) is 0 Å². The maximum Gasteiger partial charge on any atom is 0.398 e. The third-order valence-electron chi connectivity index (χ3n) is 4.50. The third-order valence-corrected chi connectivity index (χ3v) is 5.63. The zero-order chi connectivity index (χ0) is 21.8. The molecule has 9 heteroatoms. The maximum absolute atomic E-state index is 12.6. The molecule has 1 aromatic heterocycles. The minimum atomic E-state index is -4.28. The van der Waals surface area contributed by atoms with Crippen LogP contribution in [0, 0.1) is 0 Å². The van der Waals surface area contributed by atoms with Crippen molar-refractivity contribution in [3.8, 4) is 0 Å². The first-order valence-electron chi connectivity index (χ1n) is 9.36. The number of halogens is 3. The average molecular weight is 442 g/mol. The van der Waals surface area contributed by atoms with E-state index in [1.165, 1.54) is 0 Å². The maximum atomic E-state index is 12.6. The molecule has 3 aromatic carbocycles. The molecular formula is C22H17F3N4OS. The van der Waals surface area contributed by atoms with Crippen LogP contribution >= 0.6 is 11.8 Å². The molecule has 0 saturated carbocycles. The van der Waals surface area contributed by atoms with Gasteiger partial charge in [-0.25, -0.2) is 4.68 Å². The Balaban J connectivity index is 1.44. The molecule has 0 atom stereocenters. The number of para-hydroxylation sites is 2. The molecule has 0 bridgehead atoms. The molecule has 1 amide bonds. The fraction of sp³-hybridized carbons (Fsp3) is 0.136. The fourth-order valence-electron chi connectivity index (χ4n) is 3.02. The van der Waals surface area contributed by atoms with Crippen molar-refractivity contribution in [1.82, 2.24) is 15.0 Å². The number of nitrogens with zero attached hydrogens (tertiary/aromatic N) is 3. The summed E-state index contributed by atoms with van der Waals surface area (Å²) in [6.45, 7) is 0.499. The highest BCUT2D eigenvalue weighted by Gasteiger charge is 2.27. The lowest BCUT2D eigenvalue weighted by Crippen LogP contribution is -2.14. The normalized spacial score (nSPS) is 11.6. The standard InChI is InChI=1S/C22H17F3N4OS/c23-22(24,25)14-31-20-8-4-2-6-18(20)26-21(30)16-11-9-15(10-12-16)13-29-19-7-3-1-5-17(19)27-28-29/h1-12H,13-14H2,(H,26,30). The van der Waals surface area contributed by atoms with Crippen molar-refractivity contribution < 1.29 is 18.0 Å². The Morgan fingerprint density at radius 1 is 0.968 bits per heavy atom. The molecule has 0 radical (unpaired) electrons. The Bertz CT molecular complexity index is 1210. The second kappa shape index (κ2) is 8.81. The molecule has 31 heavy (non-hydrogen) atoms. The minimum Gasteiger partial charge on any atom is -0.321 e. The van der Waals surface area contributed by atoms with Gasteiger partial charge in [-0.15, -0.1) is 16.9 Å². The highest BCUT2D eigenvalue weighted by atomic mass is 32.2. The van der Waals surface area contributed by atoms with E-state index >= 15 is 0 Å². The summed E-state index contributed by atoms with van der Waals surface area (Å²) in [5, 5.41) is 11.0. The number of amides is 1. The van der Waals surface area contributed by atoms with Gasteiger partial charge < -0.3 is 5.32 Å². The predicted molar refractivity (Wildman–Crippen MR) is 114 cm³/mol. The van der Waals surface area contributed by atoms with E-state index in [-0.39, 0.29) is 0 Å². The number of carbonyl (C=O) groups is 1. The van der Waals surface area contributed by atoms with Crippen LogP contribution in [0.3, 0.4) is 0 Å². The first kappa shape index (κ1) is 20.9. The van der Waals surface area contributed by atoms with Gasteiger partial charge >= 0.3 is 6.18 Å². The first-order chi connectivity index (χ1) is 14.9. The van der Waals surface area contributed by atoms with Crippen LogP contribution in [0.25, 0.3) is 11.0 Å². The molecular weight excluding hydrogens is 425 g/mol. The smallest absolute Gasteiger partial charge is 0.321 e. The van der Waals surface area contributed by atoms with Gasteiger partial charge in [0.15, 0.2) is 0 Å². The lowest BCUT2D eigenvalue weighted by molar-refractivity contribution is -0.105. The summed E-state index contributed by atoms with van der Waals surface area (Å²) < 4.78 is 39.4. The van der Waals surface area contributed by atoms with Gasteiger partial charge in [0, 0.05) is 10.5 Å². The van der Waals surface area contributed by atoms with Gasteiger partial charge in [0.1, 0.15) is 5.52 Å². The number of rotatable bonds is 6. The number of hydrogen-bond acceptors (Lipinski definition) is 4. The van der Waals surface area contributed by atoms with E-state index in [0.29, 0.717) is 34.5 Å². The summed E-state index contributed by atoms with van der Waals surface area (Å²) in [5.74, 6) is -1.41. The van der Waals surface area contributed by atoms with Crippen LogP contribution in [0.15, 0.2) is 77.7 Å². The number of carbonyl (C=O) groups excluding carboxylic acids is 1. The summed E-state index contributed by atoms with van der Waals surface area (Å²) in [7, 11) is 0. The van der Waals surface area contributed by atoms with Crippen molar-refractivity contribution in [2.75, 3.05) is 11.1 Å². The Morgan fingerprint density at radius 3 is 2.45 bits per heavy atom. The molecule has 1 N–H and O–H groups in total. The molecule has 4 aromatic rings. The molecule has 1 heterocycles. The zero-order valence-corrected chi connectivity index (χ0v) is 17.0. The van der Waals surface area contributed by atoms with Crippen LogP contribution < -0.4 is 5.32 Å². The highest BCUT2D eigenvalue weighted by Crippen LogP contribution is 2.32. The minimum absolute atomic E-state index is 0.347. The van der Waals surface area contributed by atoms with Gasteiger partial charge in [-0.2, -0.15) is 13.2 Å². The number of alkyl halides is 3. The van der Waals surface area contributed by atoms with Crippen molar-refractivity contribution in [3.05, 3.63) is 83.9 Å². The van der Waals surface area contributed by atoms with E-state index in [1.807, 2.05) is 36.4 Å². The number of benzene rings is 3. The number of thioether (sulfide) groups is 1. The Kier molecular flexibility index (Phi) is 5.94. The van der Waals surface area contributed by atoms with E-state index in [9.17, 15) is 18.0 Å². The molecule has 158 valence electrons. The molecule has 0 aliphatic carbocycles. The molecule has 0 fully saturated rings. The second-order valence-corrected chi connectivity index (χ2v) is 7.80. The highest BCUT2D eigenvalue weighted by molar-refractivity contribution is 7.99. The van der Waals surface area contributed by atoms with Gasteiger partial charge in [-0.3, -0.25) is 4.79 Å². The Hall–Kier alpha value is -3.33. The van der Waals surface area contributed by atoms with Crippen molar-refractivity contribution >= 4 is 34.4 Å². The second-order valence-electron chi connectivity index (χ2n) is 6.79. The van der Waals surface area contributed by atoms with Crippen LogP contribution in [0.1, 0.15) is 15.9 Å². The van der Waals surface area contributed by atoms with E-state index in [1.54, 1.807) is 41.1 Å². The Labute approximate surface area is 180 Å². The lowest BCUT2D eigenvalue weighted by atomic mass is 10.1. The van der Waals surface area contributed by atoms with Crippen LogP contribution in [-0.2, 0) is 6.54 Å². The molecule has 4 rings (SSSR count). The first-order valence-corrected chi connectivity index (χ1v) is 10.3. The van der Waals surface area contributed by atoms with Gasteiger partial charge in [0.25, 0.3) is 5.91 Å². The van der Waals surface area contributed by atoms with Gasteiger partial charge in [-0.05, 0) is 42.0 Å². The SMILES string of the molecule is O=C(Nc1ccccc1SCC(F)(F)F)c1ccc(Cn2nnc3ccccc32)cc1. The van der Waals surface area contributed by atoms with Gasteiger partial charge in [0.2, 0.25) is 0 Å². The third kappa shape index (κ3) is 5.24. The number of nitrogens with one attached hydrogen (secondary N) is 1. The fourth-order valence-corrected chi connectivity index (χ4v) is 3.79. The number of hydrogen-bond donors (Lipinski definition) is 1. The van der Waals surface area contributed by atoms with Crippen molar-refractivity contribution in [3.63, 3.8) is 0 Å². The summed E-state index contributed by atoms with van der Waals surface area (Å²) in [6, 6.07) is 21.1. The van der Waals surface area contributed by atoms with Crippen molar-refractivity contribution in [1.29, 1.82) is 0 Å². The number of aromatic nitrogens is 3. The van der Waals surface area contributed by atoms with E-state index in [0.717, 1.165) is 16.6 Å². The average Bonchev–Trinajstić information content (AvgIpc) is 3.16. The molecule has 0 spiro atoms. The molecule has 5 nitrogen and oxygen atoms in total. The van der Waals surface area contributed by atoms with Gasteiger partial charge in [-0.1, -0.05) is 41.6 Å². The van der Waals surface area contributed by atoms with Crippen LogP contribution in [0.2, 0.25) is 0 Å². The topological polar surface area (TPSA) is 59.8 Å². The van der Waals surface area contributed by atoms with Crippen molar-refractivity contribution in [2.45, 2.75) is 17.6 Å². The van der Waals surface area contributed by atoms with E-state index < -0.39 is 17.8 Å². The summed E-state index contributed by atoms with van der Waals surface area (Å²) in [4.78, 5) is 13.0. The summed E-state index contributed by atoms with van der Waals surface area (Å²) >= 11 is 0.641. The quantitative estimate of drug-likeness (QED) is 0.407. The van der Waals surface area contributed by atoms with Gasteiger partial charge in [0.05, 0.1) is 23.5 Å². The monoisotopic (exact) mass is 442 g/mol. The molecule has 0 unspecified atom stereocenters. The van der Waals surface area contributed by atoms with Crippen LogP contribution in [0.4, 0.5) is 18.9 Å². The van der Waals surface area contributed by atoms with Crippen molar-refractivity contribution in [2.24, 2.45) is 0 Å². The summed E-state index contributed by atoms with van der Waals surface area (Å²) in [6.07, 6.45) is -4.28. The molecule has 0 aliphatic rings. The predicted octanol–water partition coefficient (Wildman–Crippen LogP) is 5.39. The molecule has 0 saturated heterocycles. The number of fused-ring (bicyclic) bond motifs is 1. The Morgan fingerprint density at radius 2 is 1.68 bits per heavy atom. The van der Waals surface area contributed by atoms with E-state index in [2.05, 4.69) is 15.6 Å². The van der Waals surface area contributed by atoms with E-state index in [4.69, 9.17) is 0 Å².